The normalized spacial score (nSPS) is 11.2. The van der Waals surface area contributed by atoms with Crippen molar-refractivity contribution in [2.24, 2.45) is 5.84 Å². The van der Waals surface area contributed by atoms with Crippen molar-refractivity contribution in [2.45, 2.75) is 52.6 Å². The van der Waals surface area contributed by atoms with Crippen molar-refractivity contribution in [3.8, 4) is 0 Å². The molecule has 0 radical (unpaired) electrons. The van der Waals surface area contributed by atoms with Gasteiger partial charge in [0.2, 0.25) is 0 Å². The highest BCUT2D eigenvalue weighted by atomic mass is 16.6. The van der Waals surface area contributed by atoms with Gasteiger partial charge in [-0.3, -0.25) is 0 Å². The van der Waals surface area contributed by atoms with E-state index in [4.69, 9.17) is 10.6 Å². The molecular weight excluding hydrogens is 180 g/mol. The van der Waals surface area contributed by atoms with Gasteiger partial charge in [-0.25, -0.2) is 15.6 Å². The molecule has 0 aromatic heterocycles. The number of carbonyl (C=O) groups excluding carboxylic acids is 1. The van der Waals surface area contributed by atoms with Gasteiger partial charge in [0.1, 0.15) is 5.60 Å². The lowest BCUT2D eigenvalue weighted by molar-refractivity contribution is 0.0245. The molecule has 0 saturated heterocycles. The number of nitrogens with zero attached hydrogens (tertiary/aromatic N) is 1. The largest absolute Gasteiger partial charge is 0.443 e. The molecule has 0 aromatic carbocycles. The van der Waals surface area contributed by atoms with E-state index in [2.05, 4.69) is 6.92 Å². The van der Waals surface area contributed by atoms with E-state index in [9.17, 15) is 4.79 Å². The fourth-order valence-corrected chi connectivity index (χ4v) is 0.944. The molecule has 0 aliphatic carbocycles. The summed E-state index contributed by atoms with van der Waals surface area (Å²) in [7, 11) is 0. The monoisotopic (exact) mass is 202 g/mol. The second-order valence-electron chi connectivity index (χ2n) is 4.38. The molecule has 0 heterocycles. The topological polar surface area (TPSA) is 55.6 Å². The average Bonchev–Trinajstić information content (AvgIpc) is 2.01. The van der Waals surface area contributed by atoms with Crippen molar-refractivity contribution in [1.82, 2.24) is 5.01 Å². The van der Waals surface area contributed by atoms with E-state index >= 15 is 0 Å². The van der Waals surface area contributed by atoms with Crippen molar-refractivity contribution in [2.75, 3.05) is 6.54 Å². The SMILES string of the molecule is CCCCCN(N)C(=O)OC(C)(C)C. The van der Waals surface area contributed by atoms with Crippen molar-refractivity contribution >= 4 is 6.09 Å². The van der Waals surface area contributed by atoms with E-state index < -0.39 is 11.7 Å². The lowest BCUT2D eigenvalue weighted by atomic mass is 10.2. The molecule has 14 heavy (non-hydrogen) atoms. The molecule has 0 spiro atoms. The van der Waals surface area contributed by atoms with E-state index in [-0.39, 0.29) is 0 Å². The smallest absolute Gasteiger partial charge is 0.424 e. The van der Waals surface area contributed by atoms with Gasteiger partial charge in [0.05, 0.1) is 0 Å². The first-order chi connectivity index (χ1) is 6.37. The van der Waals surface area contributed by atoms with Crippen molar-refractivity contribution in [3.63, 3.8) is 0 Å². The molecule has 0 saturated carbocycles. The molecule has 0 fully saturated rings. The van der Waals surface area contributed by atoms with Crippen LogP contribution >= 0.6 is 0 Å². The Balaban J connectivity index is 3.77. The molecule has 0 bridgehead atoms. The Kier molecular flexibility index (Phi) is 5.53. The van der Waals surface area contributed by atoms with Gasteiger partial charge in [-0.15, -0.1) is 0 Å². The van der Waals surface area contributed by atoms with E-state index in [0.717, 1.165) is 24.3 Å². The van der Waals surface area contributed by atoms with Crippen molar-refractivity contribution in [1.29, 1.82) is 0 Å². The zero-order chi connectivity index (χ0) is 11.2. The van der Waals surface area contributed by atoms with Crippen molar-refractivity contribution in [3.05, 3.63) is 0 Å². The van der Waals surface area contributed by atoms with Crippen LogP contribution in [0.25, 0.3) is 0 Å². The number of unbranched alkanes of at least 4 members (excludes halogenated alkanes) is 2. The van der Waals surface area contributed by atoms with Gasteiger partial charge in [0.15, 0.2) is 0 Å². The number of hydrazine groups is 1. The summed E-state index contributed by atoms with van der Waals surface area (Å²) in [5.41, 5.74) is -0.473. The predicted molar refractivity (Wildman–Crippen MR) is 56.7 cm³/mol. The van der Waals surface area contributed by atoms with Crippen LogP contribution in [0.5, 0.6) is 0 Å². The summed E-state index contributed by atoms with van der Waals surface area (Å²) >= 11 is 0. The molecular formula is C10H22N2O2. The second kappa shape index (κ2) is 5.86. The van der Waals surface area contributed by atoms with Crippen LogP contribution in [0.2, 0.25) is 0 Å². The fourth-order valence-electron chi connectivity index (χ4n) is 0.944. The van der Waals surface area contributed by atoms with Crippen LogP contribution in [-0.4, -0.2) is 23.2 Å². The maximum absolute atomic E-state index is 11.3. The maximum atomic E-state index is 11.3. The third-order valence-electron chi connectivity index (χ3n) is 1.63. The number of ether oxygens (including phenoxy) is 1. The minimum atomic E-state index is -0.473. The summed E-state index contributed by atoms with van der Waals surface area (Å²) in [4.78, 5) is 11.3. The third-order valence-corrected chi connectivity index (χ3v) is 1.63. The quantitative estimate of drug-likeness (QED) is 0.329. The second-order valence-corrected chi connectivity index (χ2v) is 4.38. The molecule has 1 amide bonds. The maximum Gasteiger partial charge on any atom is 0.424 e. The summed E-state index contributed by atoms with van der Waals surface area (Å²) in [6, 6.07) is 0. The lowest BCUT2D eigenvalue weighted by Gasteiger charge is -2.24. The summed E-state index contributed by atoms with van der Waals surface area (Å²) in [5.74, 6) is 5.52. The summed E-state index contributed by atoms with van der Waals surface area (Å²) in [5, 5.41) is 1.14. The summed E-state index contributed by atoms with van der Waals surface area (Å²) in [6.07, 6.45) is 2.67. The van der Waals surface area contributed by atoms with Gasteiger partial charge >= 0.3 is 6.09 Å². The van der Waals surface area contributed by atoms with Gasteiger partial charge in [-0.05, 0) is 27.2 Å². The molecule has 4 nitrogen and oxygen atoms in total. The fraction of sp³-hybridized carbons (Fsp3) is 0.900. The first-order valence-electron chi connectivity index (χ1n) is 5.12. The predicted octanol–water partition coefficient (Wildman–Crippen LogP) is 2.29. The Morgan fingerprint density at radius 3 is 2.36 bits per heavy atom. The Hall–Kier alpha value is -0.770. The van der Waals surface area contributed by atoms with E-state index in [0.29, 0.717) is 6.54 Å². The minimum Gasteiger partial charge on any atom is -0.443 e. The number of rotatable bonds is 4. The Morgan fingerprint density at radius 1 is 1.36 bits per heavy atom. The molecule has 4 heteroatoms. The standard InChI is InChI=1S/C10H22N2O2/c1-5-6-7-8-12(11)9(13)14-10(2,3)4/h5-8,11H2,1-4H3. The first kappa shape index (κ1) is 13.2. The van der Waals surface area contributed by atoms with Crippen LogP contribution in [0.3, 0.4) is 0 Å². The molecule has 0 aliphatic heterocycles. The lowest BCUT2D eigenvalue weighted by Crippen LogP contribution is -2.41. The highest BCUT2D eigenvalue weighted by Crippen LogP contribution is 2.08. The number of carbonyl (C=O) groups is 1. The van der Waals surface area contributed by atoms with Crippen LogP contribution in [-0.2, 0) is 4.74 Å². The van der Waals surface area contributed by atoms with E-state index in [1.54, 1.807) is 0 Å². The Morgan fingerprint density at radius 2 is 1.93 bits per heavy atom. The highest BCUT2D eigenvalue weighted by molar-refractivity contribution is 5.67. The zero-order valence-corrected chi connectivity index (χ0v) is 9.67. The zero-order valence-electron chi connectivity index (χ0n) is 9.67. The van der Waals surface area contributed by atoms with Gasteiger partial charge in [-0.1, -0.05) is 19.8 Å². The molecule has 0 aliphatic rings. The number of nitrogens with two attached hydrogens (primary N) is 1. The van der Waals surface area contributed by atoms with Gasteiger partial charge < -0.3 is 4.74 Å². The molecule has 0 rings (SSSR count). The van der Waals surface area contributed by atoms with Gasteiger partial charge in [-0.2, -0.15) is 0 Å². The van der Waals surface area contributed by atoms with Crippen LogP contribution in [0.15, 0.2) is 0 Å². The van der Waals surface area contributed by atoms with Crippen LogP contribution < -0.4 is 5.84 Å². The van der Waals surface area contributed by atoms with Crippen LogP contribution in [0, 0.1) is 0 Å². The van der Waals surface area contributed by atoms with E-state index in [1.165, 1.54) is 0 Å². The average molecular weight is 202 g/mol. The van der Waals surface area contributed by atoms with Crippen molar-refractivity contribution < 1.29 is 9.53 Å². The number of amides is 1. The first-order valence-corrected chi connectivity index (χ1v) is 5.12. The molecule has 0 unspecified atom stereocenters. The van der Waals surface area contributed by atoms with Crippen LogP contribution in [0.4, 0.5) is 4.79 Å². The number of hydrogen-bond acceptors (Lipinski definition) is 3. The molecule has 0 aromatic rings. The molecule has 84 valence electrons. The van der Waals surface area contributed by atoms with E-state index in [1.807, 2.05) is 20.8 Å². The number of hydrogen-bond donors (Lipinski definition) is 1. The molecule has 2 N–H and O–H groups in total. The van der Waals surface area contributed by atoms with Crippen LogP contribution in [0.1, 0.15) is 47.0 Å². The minimum absolute atomic E-state index is 0.450. The Bertz CT molecular complexity index is 175. The highest BCUT2D eigenvalue weighted by Gasteiger charge is 2.19. The summed E-state index contributed by atoms with van der Waals surface area (Å²) < 4.78 is 5.09. The Labute approximate surface area is 86.4 Å². The van der Waals surface area contributed by atoms with Gasteiger partial charge in [0, 0.05) is 6.54 Å². The molecule has 0 atom stereocenters. The summed E-state index contributed by atoms with van der Waals surface area (Å²) in [6.45, 7) is 8.14. The van der Waals surface area contributed by atoms with Gasteiger partial charge in [0.25, 0.3) is 0 Å². The third kappa shape index (κ3) is 6.71.